The number of halogens is 1. The van der Waals surface area contributed by atoms with E-state index in [-0.39, 0.29) is 12.5 Å². The van der Waals surface area contributed by atoms with E-state index in [0.717, 1.165) is 10.7 Å². The van der Waals surface area contributed by atoms with E-state index in [1.54, 1.807) is 17.9 Å². The normalized spacial score (nSPS) is 22.5. The number of rotatable bonds is 2. The van der Waals surface area contributed by atoms with Gasteiger partial charge < -0.3 is 9.32 Å². The Labute approximate surface area is 126 Å². The summed E-state index contributed by atoms with van der Waals surface area (Å²) in [6.07, 6.45) is 2.62. The van der Waals surface area contributed by atoms with Gasteiger partial charge in [-0.25, -0.2) is 9.37 Å². The van der Waals surface area contributed by atoms with Gasteiger partial charge in [0.05, 0.1) is 17.1 Å². The molecule has 112 valence electrons. The summed E-state index contributed by atoms with van der Waals surface area (Å²) in [5, 5.41) is 2.83. The Balaban J connectivity index is 1.78. The molecule has 0 aromatic carbocycles. The number of hydrogen-bond acceptors (Lipinski definition) is 4. The number of likely N-dealkylation sites (tertiary alicyclic amines) is 1. The molecular formula is C15H17FN2O2S. The van der Waals surface area contributed by atoms with Crippen LogP contribution in [0.1, 0.15) is 35.1 Å². The molecule has 0 saturated carbocycles. The zero-order valence-electron chi connectivity index (χ0n) is 12.1. The second-order valence-corrected chi connectivity index (χ2v) is 6.76. The van der Waals surface area contributed by atoms with Gasteiger partial charge in [-0.1, -0.05) is 0 Å². The summed E-state index contributed by atoms with van der Waals surface area (Å²) >= 11 is 1.53. The van der Waals surface area contributed by atoms with Crippen molar-refractivity contribution in [3.05, 3.63) is 28.3 Å². The molecule has 0 bridgehead atoms. The summed E-state index contributed by atoms with van der Waals surface area (Å²) in [5.74, 6) is 0.392. The van der Waals surface area contributed by atoms with Crippen LogP contribution in [0.2, 0.25) is 0 Å². The number of nitrogens with zero attached hydrogens (tertiary/aromatic N) is 2. The fraction of sp³-hybridized carbons (Fsp3) is 0.467. The molecule has 21 heavy (non-hydrogen) atoms. The van der Waals surface area contributed by atoms with Gasteiger partial charge in [-0.2, -0.15) is 0 Å². The van der Waals surface area contributed by atoms with Crippen LogP contribution in [0.5, 0.6) is 0 Å². The molecule has 6 heteroatoms. The number of alkyl halides is 1. The minimum atomic E-state index is -1.30. The number of thiazole rings is 1. The zero-order chi connectivity index (χ0) is 15.0. The Morgan fingerprint density at radius 1 is 1.57 bits per heavy atom. The molecule has 0 aliphatic carbocycles. The first-order valence-electron chi connectivity index (χ1n) is 6.94. The molecular weight excluding hydrogens is 291 g/mol. The molecule has 1 amide bonds. The lowest BCUT2D eigenvalue weighted by atomic mass is 9.96. The fourth-order valence-electron chi connectivity index (χ4n) is 2.61. The van der Waals surface area contributed by atoms with Crippen molar-refractivity contribution < 1.29 is 13.6 Å². The maximum Gasteiger partial charge on any atom is 0.257 e. The molecule has 3 heterocycles. The van der Waals surface area contributed by atoms with Crippen molar-refractivity contribution in [2.45, 2.75) is 32.4 Å². The average molecular weight is 308 g/mol. The highest BCUT2D eigenvalue weighted by Gasteiger charge is 2.33. The van der Waals surface area contributed by atoms with Gasteiger partial charge in [0.1, 0.15) is 17.6 Å². The van der Waals surface area contributed by atoms with Crippen LogP contribution in [0.4, 0.5) is 4.39 Å². The molecule has 4 nitrogen and oxygen atoms in total. The minimum absolute atomic E-state index is 0.141. The quantitative estimate of drug-likeness (QED) is 0.850. The Bertz CT molecular complexity index is 662. The van der Waals surface area contributed by atoms with Crippen molar-refractivity contribution in [3.63, 3.8) is 0 Å². The van der Waals surface area contributed by atoms with Crippen LogP contribution < -0.4 is 0 Å². The maximum absolute atomic E-state index is 14.0. The van der Waals surface area contributed by atoms with E-state index in [1.807, 2.05) is 12.3 Å². The third-order valence-corrected chi connectivity index (χ3v) is 4.43. The Morgan fingerprint density at radius 2 is 2.38 bits per heavy atom. The highest BCUT2D eigenvalue weighted by Crippen LogP contribution is 2.28. The first-order valence-corrected chi connectivity index (χ1v) is 7.82. The molecule has 1 aliphatic rings. The highest BCUT2D eigenvalue weighted by molar-refractivity contribution is 7.09. The predicted octanol–water partition coefficient (Wildman–Crippen LogP) is 3.68. The van der Waals surface area contributed by atoms with Gasteiger partial charge in [0.25, 0.3) is 5.91 Å². The molecule has 1 fully saturated rings. The van der Waals surface area contributed by atoms with Crippen LogP contribution in [0.3, 0.4) is 0 Å². The molecule has 1 saturated heterocycles. The van der Waals surface area contributed by atoms with Crippen molar-refractivity contribution in [1.82, 2.24) is 9.88 Å². The zero-order valence-corrected chi connectivity index (χ0v) is 12.9. The van der Waals surface area contributed by atoms with Gasteiger partial charge in [0.2, 0.25) is 0 Å². The van der Waals surface area contributed by atoms with Crippen molar-refractivity contribution in [2.24, 2.45) is 0 Å². The van der Waals surface area contributed by atoms with Gasteiger partial charge >= 0.3 is 0 Å². The third-order valence-electron chi connectivity index (χ3n) is 3.65. The number of piperidine rings is 1. The number of furan rings is 1. The van der Waals surface area contributed by atoms with Crippen LogP contribution in [0.25, 0.3) is 11.5 Å². The highest BCUT2D eigenvalue weighted by atomic mass is 32.1. The van der Waals surface area contributed by atoms with Crippen LogP contribution in [0, 0.1) is 6.92 Å². The van der Waals surface area contributed by atoms with Crippen molar-refractivity contribution >= 4 is 17.2 Å². The number of amides is 1. The Morgan fingerprint density at radius 3 is 3.05 bits per heavy atom. The van der Waals surface area contributed by atoms with E-state index < -0.39 is 5.67 Å². The largest absolute Gasteiger partial charge is 0.462 e. The van der Waals surface area contributed by atoms with Crippen molar-refractivity contribution in [3.8, 4) is 11.5 Å². The topological polar surface area (TPSA) is 46.3 Å². The molecule has 1 unspecified atom stereocenters. The van der Waals surface area contributed by atoms with E-state index in [9.17, 15) is 9.18 Å². The smallest absolute Gasteiger partial charge is 0.257 e. The molecule has 0 N–H and O–H groups in total. The van der Waals surface area contributed by atoms with Gasteiger partial charge in [-0.15, -0.1) is 11.3 Å². The first kappa shape index (κ1) is 14.3. The SMILES string of the molecule is Cc1nc(-c2cc(C(=O)N3CCCC(C)(F)C3)co2)cs1. The molecule has 1 atom stereocenters. The molecule has 2 aromatic rings. The Hall–Kier alpha value is -1.69. The van der Waals surface area contributed by atoms with Gasteiger partial charge in [-0.3, -0.25) is 4.79 Å². The van der Waals surface area contributed by atoms with Crippen LogP contribution in [-0.4, -0.2) is 34.5 Å². The van der Waals surface area contributed by atoms with Crippen LogP contribution in [0.15, 0.2) is 22.1 Å². The van der Waals surface area contributed by atoms with Gasteiger partial charge in [0.15, 0.2) is 5.76 Å². The summed E-state index contributed by atoms with van der Waals surface area (Å²) < 4.78 is 19.5. The summed E-state index contributed by atoms with van der Waals surface area (Å²) in [4.78, 5) is 18.3. The summed E-state index contributed by atoms with van der Waals surface area (Å²) in [6.45, 7) is 4.20. The van der Waals surface area contributed by atoms with Gasteiger partial charge in [-0.05, 0) is 32.8 Å². The van der Waals surface area contributed by atoms with Crippen LogP contribution >= 0.6 is 11.3 Å². The Kier molecular flexibility index (Phi) is 3.57. The van der Waals surface area contributed by atoms with Gasteiger partial charge in [0, 0.05) is 11.9 Å². The molecule has 1 aliphatic heterocycles. The summed E-state index contributed by atoms with van der Waals surface area (Å²) in [5.41, 5.74) is -0.120. The number of carbonyl (C=O) groups is 1. The summed E-state index contributed by atoms with van der Waals surface area (Å²) in [6, 6.07) is 1.68. The average Bonchev–Trinajstić information content (AvgIpc) is 3.05. The summed E-state index contributed by atoms with van der Waals surface area (Å²) in [7, 11) is 0. The van der Waals surface area contributed by atoms with E-state index in [2.05, 4.69) is 4.98 Å². The predicted molar refractivity (Wildman–Crippen MR) is 79.2 cm³/mol. The number of hydrogen-bond donors (Lipinski definition) is 0. The minimum Gasteiger partial charge on any atom is -0.462 e. The standard InChI is InChI=1S/C15H17FN2O2S/c1-10-17-12(8-21-10)13-6-11(7-20-13)14(19)18-5-3-4-15(2,16)9-18/h6-8H,3-5,9H2,1-2H3. The van der Waals surface area contributed by atoms with E-state index in [1.165, 1.54) is 17.6 Å². The number of aromatic nitrogens is 1. The number of carbonyl (C=O) groups excluding carboxylic acids is 1. The molecule has 0 spiro atoms. The lowest BCUT2D eigenvalue weighted by Crippen LogP contribution is -2.46. The lowest BCUT2D eigenvalue weighted by Gasteiger charge is -2.34. The van der Waals surface area contributed by atoms with E-state index in [0.29, 0.717) is 30.7 Å². The first-order chi connectivity index (χ1) is 9.94. The van der Waals surface area contributed by atoms with E-state index >= 15 is 0 Å². The van der Waals surface area contributed by atoms with Crippen molar-refractivity contribution in [1.29, 1.82) is 0 Å². The second-order valence-electron chi connectivity index (χ2n) is 5.70. The molecule has 3 rings (SSSR count). The van der Waals surface area contributed by atoms with E-state index in [4.69, 9.17) is 4.42 Å². The van der Waals surface area contributed by atoms with Crippen LogP contribution in [-0.2, 0) is 0 Å². The maximum atomic E-state index is 14.0. The third kappa shape index (κ3) is 3.00. The van der Waals surface area contributed by atoms with Crippen molar-refractivity contribution in [2.75, 3.05) is 13.1 Å². The molecule has 2 aromatic heterocycles. The monoisotopic (exact) mass is 308 g/mol. The lowest BCUT2D eigenvalue weighted by molar-refractivity contribution is 0.0417. The second kappa shape index (κ2) is 5.26. The number of aryl methyl sites for hydroxylation is 1. The molecule has 0 radical (unpaired) electrons. The fourth-order valence-corrected chi connectivity index (χ4v) is 3.21.